The van der Waals surface area contributed by atoms with E-state index in [4.69, 9.17) is 5.73 Å². The highest BCUT2D eigenvalue weighted by atomic mass is 127. The van der Waals surface area contributed by atoms with E-state index in [2.05, 4.69) is 39.0 Å². The maximum absolute atomic E-state index is 6.02. The lowest BCUT2D eigenvalue weighted by Crippen LogP contribution is -2.27. The van der Waals surface area contributed by atoms with Crippen molar-refractivity contribution in [3.63, 3.8) is 0 Å². The van der Waals surface area contributed by atoms with Crippen molar-refractivity contribution in [2.45, 2.75) is 31.7 Å². The molecule has 0 aliphatic heterocycles. The molecule has 18 heavy (non-hydrogen) atoms. The molecular weight excluding hydrogens is 337 g/mol. The summed E-state index contributed by atoms with van der Waals surface area (Å²) < 4.78 is 1.17. The molecule has 4 heteroatoms. The van der Waals surface area contributed by atoms with Crippen LogP contribution < -0.4 is 11.1 Å². The Hall–Kier alpha value is -0.780. The van der Waals surface area contributed by atoms with Gasteiger partial charge in [-0.1, -0.05) is 18.6 Å². The molecule has 3 nitrogen and oxygen atoms in total. The van der Waals surface area contributed by atoms with E-state index >= 15 is 0 Å². The third kappa shape index (κ3) is 2.48. The second kappa shape index (κ2) is 5.07. The van der Waals surface area contributed by atoms with E-state index in [1.807, 2.05) is 18.2 Å². The van der Waals surface area contributed by atoms with Crippen molar-refractivity contribution in [2.75, 3.05) is 5.32 Å². The third-order valence-corrected chi connectivity index (χ3v) is 5.08. The molecule has 0 heterocycles. The molecule has 1 aromatic rings. The molecule has 96 valence electrons. The molecule has 2 aliphatic carbocycles. The fourth-order valence-electron chi connectivity index (χ4n) is 3.28. The maximum Gasteiger partial charge on any atom is 0.193 e. The Bertz CT molecular complexity index is 472. The molecule has 0 spiro atoms. The van der Waals surface area contributed by atoms with E-state index in [9.17, 15) is 0 Å². The van der Waals surface area contributed by atoms with Crippen LogP contribution in [0.2, 0.25) is 0 Å². The molecule has 2 saturated carbocycles. The molecule has 0 radical (unpaired) electrons. The summed E-state index contributed by atoms with van der Waals surface area (Å²) in [6, 6.07) is 8.59. The number of nitrogens with one attached hydrogen (secondary N) is 1. The van der Waals surface area contributed by atoms with Crippen LogP contribution in [0.25, 0.3) is 0 Å². The smallest absolute Gasteiger partial charge is 0.193 e. The number of hydrogen-bond acceptors (Lipinski definition) is 1. The van der Waals surface area contributed by atoms with Gasteiger partial charge in [0.1, 0.15) is 0 Å². The van der Waals surface area contributed by atoms with Crippen LogP contribution in [-0.4, -0.2) is 12.0 Å². The zero-order valence-corrected chi connectivity index (χ0v) is 12.4. The Morgan fingerprint density at radius 3 is 2.78 bits per heavy atom. The van der Waals surface area contributed by atoms with Gasteiger partial charge in [-0.25, -0.2) is 4.99 Å². The zero-order chi connectivity index (χ0) is 12.5. The Kier molecular flexibility index (Phi) is 3.46. The number of hydrogen-bond donors (Lipinski definition) is 2. The summed E-state index contributed by atoms with van der Waals surface area (Å²) in [6.45, 7) is 0. The monoisotopic (exact) mass is 355 g/mol. The standard InChI is InChI=1S/C14H18IN3/c15-11-3-1-2-4-12(11)17-14(16)18-13-8-9-5-6-10(13)7-9/h1-4,9-10,13H,5-8H2,(H3,16,17,18)/t9-,10+,13-/m0/s1. The molecule has 3 N–H and O–H groups in total. The van der Waals surface area contributed by atoms with Crippen molar-refractivity contribution in [3.05, 3.63) is 27.8 Å². The van der Waals surface area contributed by atoms with E-state index in [1.165, 1.54) is 29.3 Å². The first kappa shape index (κ1) is 12.3. The van der Waals surface area contributed by atoms with E-state index < -0.39 is 0 Å². The summed E-state index contributed by atoms with van der Waals surface area (Å²) in [6.07, 6.45) is 5.35. The van der Waals surface area contributed by atoms with Gasteiger partial charge in [-0.2, -0.15) is 0 Å². The Morgan fingerprint density at radius 1 is 1.28 bits per heavy atom. The van der Waals surface area contributed by atoms with Gasteiger partial charge in [-0.05, 0) is 65.8 Å². The summed E-state index contributed by atoms with van der Waals surface area (Å²) >= 11 is 2.30. The predicted molar refractivity (Wildman–Crippen MR) is 83.6 cm³/mol. The van der Waals surface area contributed by atoms with E-state index in [0.29, 0.717) is 12.0 Å². The van der Waals surface area contributed by atoms with Crippen LogP contribution in [0, 0.1) is 15.4 Å². The zero-order valence-electron chi connectivity index (χ0n) is 10.3. The first-order chi connectivity index (χ1) is 8.72. The van der Waals surface area contributed by atoms with Gasteiger partial charge in [0.25, 0.3) is 0 Å². The van der Waals surface area contributed by atoms with E-state index in [0.717, 1.165) is 17.5 Å². The summed E-state index contributed by atoms with van der Waals surface area (Å²) in [5.41, 5.74) is 7.07. The van der Waals surface area contributed by atoms with Gasteiger partial charge in [-0.3, -0.25) is 0 Å². The highest BCUT2D eigenvalue weighted by Gasteiger charge is 2.39. The molecule has 3 rings (SSSR count). The molecule has 2 fully saturated rings. The van der Waals surface area contributed by atoms with Crippen LogP contribution in [0.1, 0.15) is 25.7 Å². The number of nitrogens with zero attached hydrogens (tertiary/aromatic N) is 1. The Balaban J connectivity index is 1.68. The number of halogens is 1. The Labute approximate surface area is 121 Å². The van der Waals surface area contributed by atoms with Gasteiger partial charge in [0.15, 0.2) is 5.96 Å². The molecular formula is C14H18IN3. The highest BCUT2D eigenvalue weighted by molar-refractivity contribution is 14.1. The SMILES string of the molecule is NC(=N[C@H]1C[C@H]2CC[C@@H]1C2)Nc1ccccc1I. The van der Waals surface area contributed by atoms with E-state index in [-0.39, 0.29) is 0 Å². The van der Waals surface area contributed by atoms with Crippen LogP contribution in [-0.2, 0) is 0 Å². The topological polar surface area (TPSA) is 50.4 Å². The number of para-hydroxylation sites is 1. The van der Waals surface area contributed by atoms with Crippen LogP contribution in [0.15, 0.2) is 29.3 Å². The minimum absolute atomic E-state index is 0.456. The third-order valence-electron chi connectivity index (χ3n) is 4.14. The largest absolute Gasteiger partial charge is 0.370 e. The lowest BCUT2D eigenvalue weighted by molar-refractivity contribution is 0.420. The van der Waals surface area contributed by atoms with Gasteiger partial charge >= 0.3 is 0 Å². The minimum atomic E-state index is 0.456. The van der Waals surface area contributed by atoms with Gasteiger partial charge in [0.05, 0.1) is 11.7 Å². The lowest BCUT2D eigenvalue weighted by Gasteiger charge is -2.18. The molecule has 2 aliphatic rings. The molecule has 2 bridgehead atoms. The van der Waals surface area contributed by atoms with Crippen molar-refractivity contribution in [1.29, 1.82) is 0 Å². The summed E-state index contributed by atoms with van der Waals surface area (Å²) in [7, 11) is 0. The quantitative estimate of drug-likeness (QED) is 0.486. The van der Waals surface area contributed by atoms with Crippen molar-refractivity contribution in [3.8, 4) is 0 Å². The first-order valence-corrected chi connectivity index (χ1v) is 7.65. The van der Waals surface area contributed by atoms with Gasteiger partial charge < -0.3 is 11.1 Å². The Morgan fingerprint density at radius 2 is 2.11 bits per heavy atom. The first-order valence-electron chi connectivity index (χ1n) is 6.57. The number of nitrogens with two attached hydrogens (primary N) is 1. The van der Waals surface area contributed by atoms with E-state index in [1.54, 1.807) is 0 Å². The van der Waals surface area contributed by atoms with Gasteiger partial charge in [-0.15, -0.1) is 0 Å². The molecule has 1 aromatic carbocycles. The van der Waals surface area contributed by atoms with Crippen molar-refractivity contribution >= 4 is 34.2 Å². The van der Waals surface area contributed by atoms with Gasteiger partial charge in [0, 0.05) is 3.57 Å². The van der Waals surface area contributed by atoms with Crippen molar-refractivity contribution < 1.29 is 0 Å². The van der Waals surface area contributed by atoms with Crippen LogP contribution in [0.5, 0.6) is 0 Å². The number of anilines is 1. The number of fused-ring (bicyclic) bond motifs is 2. The normalized spacial score (nSPS) is 30.7. The molecule has 0 saturated heterocycles. The van der Waals surface area contributed by atoms with Gasteiger partial charge in [0.2, 0.25) is 0 Å². The lowest BCUT2D eigenvalue weighted by atomic mass is 9.96. The van der Waals surface area contributed by atoms with Crippen LogP contribution in [0.4, 0.5) is 5.69 Å². The maximum atomic E-state index is 6.02. The molecule has 0 amide bonds. The summed E-state index contributed by atoms with van der Waals surface area (Å²) in [5.74, 6) is 2.26. The van der Waals surface area contributed by atoms with Crippen molar-refractivity contribution in [2.24, 2.45) is 22.6 Å². The minimum Gasteiger partial charge on any atom is -0.370 e. The van der Waals surface area contributed by atoms with Crippen LogP contribution in [0.3, 0.4) is 0 Å². The fourth-order valence-corrected chi connectivity index (χ4v) is 3.80. The number of rotatable bonds is 2. The molecule has 0 unspecified atom stereocenters. The predicted octanol–water partition coefficient (Wildman–Crippen LogP) is 3.21. The second-order valence-corrected chi connectivity index (χ2v) is 6.52. The number of benzene rings is 1. The summed E-state index contributed by atoms with van der Waals surface area (Å²) in [4.78, 5) is 4.68. The fraction of sp³-hybridized carbons (Fsp3) is 0.500. The average Bonchev–Trinajstić information content (AvgIpc) is 2.94. The van der Waals surface area contributed by atoms with Crippen molar-refractivity contribution in [1.82, 2.24) is 0 Å². The number of guanidine groups is 1. The highest BCUT2D eigenvalue weighted by Crippen LogP contribution is 2.45. The average molecular weight is 355 g/mol. The van der Waals surface area contributed by atoms with Crippen LogP contribution >= 0.6 is 22.6 Å². The number of aliphatic imine (C=N–C) groups is 1. The molecule has 3 atom stereocenters. The molecule has 0 aromatic heterocycles. The second-order valence-electron chi connectivity index (χ2n) is 5.36. The summed E-state index contributed by atoms with van der Waals surface area (Å²) in [5, 5.41) is 3.22.